The number of carbonyl (C=O) groups excluding carboxylic acids is 1. The summed E-state index contributed by atoms with van der Waals surface area (Å²) in [5.74, 6) is 0.499. The number of likely N-dealkylation sites (tertiary alicyclic amines) is 1. The van der Waals surface area contributed by atoms with Gasteiger partial charge in [0.25, 0.3) is 0 Å². The average Bonchev–Trinajstić information content (AvgIpc) is 2.63. The van der Waals surface area contributed by atoms with E-state index in [2.05, 4.69) is 41.4 Å². The summed E-state index contributed by atoms with van der Waals surface area (Å²) in [4.78, 5) is 15.1. The molecule has 1 aromatic carbocycles. The van der Waals surface area contributed by atoms with Gasteiger partial charge in [-0.1, -0.05) is 29.8 Å². The Bertz CT molecular complexity index is 561. The first-order chi connectivity index (χ1) is 12.2. The summed E-state index contributed by atoms with van der Waals surface area (Å²) >= 11 is 0. The van der Waals surface area contributed by atoms with Crippen LogP contribution in [0, 0.1) is 18.8 Å². The number of amides is 1. The zero-order valence-electron chi connectivity index (χ0n) is 15.4. The van der Waals surface area contributed by atoms with Crippen LogP contribution >= 0.6 is 0 Å². The summed E-state index contributed by atoms with van der Waals surface area (Å²) in [7, 11) is 1.65. The van der Waals surface area contributed by atoms with Gasteiger partial charge in [-0.3, -0.25) is 9.69 Å². The normalized spacial score (nSPS) is 26.9. The molecule has 3 atom stereocenters. The smallest absolute Gasteiger partial charge is 0.223 e. The molecule has 138 valence electrons. The molecular formula is C20H30N2O3. The minimum Gasteiger partial charge on any atom is -0.383 e. The molecule has 0 aromatic heterocycles. The Hall–Kier alpha value is -1.43. The third-order valence-electron chi connectivity index (χ3n) is 5.42. The van der Waals surface area contributed by atoms with Crippen LogP contribution in [0.3, 0.4) is 0 Å². The molecule has 0 unspecified atom stereocenters. The van der Waals surface area contributed by atoms with Crippen molar-refractivity contribution < 1.29 is 14.3 Å². The van der Waals surface area contributed by atoms with Gasteiger partial charge in [-0.05, 0) is 25.3 Å². The molecule has 0 spiro atoms. The van der Waals surface area contributed by atoms with E-state index < -0.39 is 0 Å². The standard InChI is InChI=1S/C20H30N2O3/c1-15-3-5-16(6-4-15)13-22-10-7-19-18(14-22)17(8-11-25-19)20(23)21-9-12-24-2/h3-6,17-19H,7-14H2,1-2H3,(H,21,23)/t17-,18+,19-/m1/s1. The summed E-state index contributed by atoms with van der Waals surface area (Å²) in [5.41, 5.74) is 2.62. The van der Waals surface area contributed by atoms with Crippen LogP contribution in [0.5, 0.6) is 0 Å². The van der Waals surface area contributed by atoms with Crippen LogP contribution < -0.4 is 5.32 Å². The topological polar surface area (TPSA) is 50.8 Å². The number of rotatable bonds is 6. The molecule has 5 heteroatoms. The van der Waals surface area contributed by atoms with E-state index >= 15 is 0 Å². The molecule has 2 saturated heterocycles. The van der Waals surface area contributed by atoms with Crippen LogP contribution in [0.25, 0.3) is 0 Å². The van der Waals surface area contributed by atoms with Gasteiger partial charge >= 0.3 is 0 Å². The fraction of sp³-hybridized carbons (Fsp3) is 0.650. The quantitative estimate of drug-likeness (QED) is 0.801. The number of nitrogens with one attached hydrogen (secondary N) is 1. The predicted octanol–water partition coefficient (Wildman–Crippen LogP) is 1.98. The Balaban J connectivity index is 1.60. The maximum Gasteiger partial charge on any atom is 0.223 e. The largest absolute Gasteiger partial charge is 0.383 e. The van der Waals surface area contributed by atoms with E-state index in [1.54, 1.807) is 7.11 Å². The predicted molar refractivity (Wildman–Crippen MR) is 97.3 cm³/mol. The second kappa shape index (κ2) is 8.79. The molecule has 1 aromatic rings. The molecular weight excluding hydrogens is 316 g/mol. The monoisotopic (exact) mass is 346 g/mol. The Morgan fingerprint density at radius 2 is 2.12 bits per heavy atom. The Morgan fingerprint density at radius 1 is 1.32 bits per heavy atom. The van der Waals surface area contributed by atoms with Crippen molar-refractivity contribution in [3.8, 4) is 0 Å². The third-order valence-corrected chi connectivity index (χ3v) is 5.42. The molecule has 0 bridgehead atoms. The van der Waals surface area contributed by atoms with Crippen molar-refractivity contribution in [3.05, 3.63) is 35.4 Å². The second-order valence-corrected chi connectivity index (χ2v) is 7.26. The van der Waals surface area contributed by atoms with Gasteiger partial charge in [-0.2, -0.15) is 0 Å². The minimum absolute atomic E-state index is 0.0522. The molecule has 0 saturated carbocycles. The maximum atomic E-state index is 12.6. The van der Waals surface area contributed by atoms with Crippen molar-refractivity contribution in [1.82, 2.24) is 10.2 Å². The van der Waals surface area contributed by atoms with Crippen molar-refractivity contribution >= 4 is 5.91 Å². The summed E-state index contributed by atoms with van der Waals surface area (Å²) in [6.45, 7) is 6.86. The molecule has 25 heavy (non-hydrogen) atoms. The molecule has 0 radical (unpaired) electrons. The number of fused-ring (bicyclic) bond motifs is 1. The van der Waals surface area contributed by atoms with Crippen molar-refractivity contribution in [3.63, 3.8) is 0 Å². The number of ether oxygens (including phenoxy) is 2. The highest BCUT2D eigenvalue weighted by molar-refractivity contribution is 5.79. The van der Waals surface area contributed by atoms with Crippen LogP contribution in [0.4, 0.5) is 0 Å². The SMILES string of the molecule is COCCNC(=O)[C@@H]1CCO[C@@H]2CCN(Cc3ccc(C)cc3)C[C@H]21. The van der Waals surface area contributed by atoms with E-state index in [-0.39, 0.29) is 23.8 Å². The summed E-state index contributed by atoms with van der Waals surface area (Å²) in [5, 5.41) is 3.02. The highest BCUT2D eigenvalue weighted by atomic mass is 16.5. The molecule has 2 aliphatic heterocycles. The highest BCUT2D eigenvalue weighted by Gasteiger charge is 2.41. The van der Waals surface area contributed by atoms with Gasteiger partial charge in [0.15, 0.2) is 0 Å². The summed E-state index contributed by atoms with van der Waals surface area (Å²) in [6.07, 6.45) is 2.05. The van der Waals surface area contributed by atoms with Crippen molar-refractivity contribution in [2.75, 3.05) is 40.0 Å². The lowest BCUT2D eigenvalue weighted by molar-refractivity contribution is -0.142. The number of hydrogen-bond donors (Lipinski definition) is 1. The number of methoxy groups -OCH3 is 1. The third kappa shape index (κ3) is 4.81. The highest BCUT2D eigenvalue weighted by Crippen LogP contribution is 2.33. The minimum atomic E-state index is 0.0522. The van der Waals surface area contributed by atoms with E-state index in [1.165, 1.54) is 11.1 Å². The lowest BCUT2D eigenvalue weighted by Crippen LogP contribution is -2.53. The molecule has 1 amide bonds. The summed E-state index contributed by atoms with van der Waals surface area (Å²) < 4.78 is 11.0. The van der Waals surface area contributed by atoms with Crippen molar-refractivity contribution in [2.45, 2.75) is 32.4 Å². The van der Waals surface area contributed by atoms with E-state index in [1.807, 2.05) is 0 Å². The number of benzene rings is 1. The molecule has 2 heterocycles. The van der Waals surface area contributed by atoms with Crippen LogP contribution in [-0.4, -0.2) is 56.9 Å². The van der Waals surface area contributed by atoms with Gasteiger partial charge in [0.05, 0.1) is 12.7 Å². The first-order valence-corrected chi connectivity index (χ1v) is 9.33. The first kappa shape index (κ1) is 18.4. The van der Waals surface area contributed by atoms with Gasteiger partial charge in [0.2, 0.25) is 5.91 Å². The van der Waals surface area contributed by atoms with Crippen molar-refractivity contribution in [2.24, 2.45) is 11.8 Å². The number of carbonyl (C=O) groups is 1. The molecule has 3 rings (SSSR count). The number of hydrogen-bond acceptors (Lipinski definition) is 4. The van der Waals surface area contributed by atoms with E-state index in [9.17, 15) is 4.79 Å². The zero-order valence-corrected chi connectivity index (χ0v) is 15.4. The van der Waals surface area contributed by atoms with Crippen molar-refractivity contribution in [1.29, 1.82) is 0 Å². The molecule has 5 nitrogen and oxygen atoms in total. The van der Waals surface area contributed by atoms with Crippen LogP contribution in [0.15, 0.2) is 24.3 Å². The Labute approximate surface area is 150 Å². The lowest BCUT2D eigenvalue weighted by Gasteiger charge is -2.44. The number of nitrogens with zero attached hydrogens (tertiary/aromatic N) is 1. The van der Waals surface area contributed by atoms with Crippen LogP contribution in [0.1, 0.15) is 24.0 Å². The number of aryl methyl sites for hydroxylation is 1. The lowest BCUT2D eigenvalue weighted by atomic mass is 9.79. The second-order valence-electron chi connectivity index (χ2n) is 7.26. The Kier molecular flexibility index (Phi) is 6.45. The van der Waals surface area contributed by atoms with E-state index in [4.69, 9.17) is 9.47 Å². The number of piperidine rings is 1. The van der Waals surface area contributed by atoms with Crippen LogP contribution in [-0.2, 0) is 20.8 Å². The average molecular weight is 346 g/mol. The fourth-order valence-corrected chi connectivity index (χ4v) is 4.01. The van der Waals surface area contributed by atoms with Gasteiger partial charge < -0.3 is 14.8 Å². The molecule has 2 aliphatic rings. The molecule has 0 aliphatic carbocycles. The van der Waals surface area contributed by atoms with E-state index in [0.29, 0.717) is 19.8 Å². The maximum absolute atomic E-state index is 12.6. The summed E-state index contributed by atoms with van der Waals surface area (Å²) in [6, 6.07) is 8.73. The van der Waals surface area contributed by atoms with Crippen LogP contribution in [0.2, 0.25) is 0 Å². The van der Waals surface area contributed by atoms with E-state index in [0.717, 1.165) is 32.5 Å². The Morgan fingerprint density at radius 3 is 2.88 bits per heavy atom. The van der Waals surface area contributed by atoms with Gasteiger partial charge in [-0.15, -0.1) is 0 Å². The van der Waals surface area contributed by atoms with Gasteiger partial charge in [0, 0.05) is 51.7 Å². The molecule has 1 N–H and O–H groups in total. The van der Waals surface area contributed by atoms with Gasteiger partial charge in [0.1, 0.15) is 0 Å². The zero-order chi connectivity index (χ0) is 17.6. The molecule has 2 fully saturated rings. The first-order valence-electron chi connectivity index (χ1n) is 9.33. The fourth-order valence-electron chi connectivity index (χ4n) is 4.01. The van der Waals surface area contributed by atoms with Gasteiger partial charge in [-0.25, -0.2) is 0 Å².